The Morgan fingerprint density at radius 2 is 2.04 bits per heavy atom. The molecule has 0 radical (unpaired) electrons. The Balaban J connectivity index is 1.63. The van der Waals surface area contributed by atoms with Crippen LogP contribution in [0, 0.1) is 5.92 Å². The summed E-state index contributed by atoms with van der Waals surface area (Å²) in [7, 11) is 1.95. The third kappa shape index (κ3) is 4.16. The third-order valence-electron chi connectivity index (χ3n) is 4.20. The van der Waals surface area contributed by atoms with E-state index in [1.807, 2.05) is 60.5 Å². The molecule has 24 heavy (non-hydrogen) atoms. The van der Waals surface area contributed by atoms with Crippen LogP contribution >= 0.6 is 15.9 Å². The Morgan fingerprint density at radius 1 is 1.25 bits per heavy atom. The van der Waals surface area contributed by atoms with E-state index in [2.05, 4.69) is 21.2 Å². The van der Waals surface area contributed by atoms with Crippen LogP contribution in [0.15, 0.2) is 53.0 Å². The number of hydrogen-bond donors (Lipinski definition) is 1. The van der Waals surface area contributed by atoms with Crippen LogP contribution in [-0.2, 0) is 0 Å². The Labute approximate surface area is 150 Å². The molecule has 126 valence electrons. The summed E-state index contributed by atoms with van der Waals surface area (Å²) in [5, 5.41) is 3.19. The Kier molecular flexibility index (Phi) is 5.53. The zero-order chi connectivity index (χ0) is 16.9. The molecule has 0 saturated carbocycles. The highest BCUT2D eigenvalue weighted by molar-refractivity contribution is 9.10. The van der Waals surface area contributed by atoms with Crippen LogP contribution in [0.3, 0.4) is 0 Å². The topological polar surface area (TPSA) is 41.6 Å². The predicted octanol–water partition coefficient (Wildman–Crippen LogP) is 3.92. The second-order valence-electron chi connectivity index (χ2n) is 6.05. The summed E-state index contributed by atoms with van der Waals surface area (Å²) in [4.78, 5) is 14.5. The first-order chi connectivity index (χ1) is 11.7. The molecule has 1 N–H and O–H groups in total. The molecule has 1 aliphatic heterocycles. The maximum absolute atomic E-state index is 12.6. The highest BCUT2D eigenvalue weighted by Gasteiger charge is 2.26. The molecule has 5 heteroatoms. The van der Waals surface area contributed by atoms with E-state index in [9.17, 15) is 4.79 Å². The molecule has 3 rings (SSSR count). The maximum atomic E-state index is 12.6. The van der Waals surface area contributed by atoms with E-state index in [4.69, 9.17) is 4.74 Å². The van der Waals surface area contributed by atoms with Crippen molar-refractivity contribution in [1.29, 1.82) is 0 Å². The van der Waals surface area contributed by atoms with Crippen molar-refractivity contribution < 1.29 is 9.53 Å². The molecule has 1 fully saturated rings. The van der Waals surface area contributed by atoms with E-state index >= 15 is 0 Å². The molecule has 0 aliphatic carbocycles. The first-order valence-corrected chi connectivity index (χ1v) is 8.92. The van der Waals surface area contributed by atoms with Gasteiger partial charge < -0.3 is 15.0 Å². The zero-order valence-electron chi connectivity index (χ0n) is 13.7. The average molecular weight is 389 g/mol. The molecule has 1 aliphatic rings. The van der Waals surface area contributed by atoms with Crippen molar-refractivity contribution in [2.24, 2.45) is 5.92 Å². The van der Waals surface area contributed by atoms with E-state index < -0.39 is 0 Å². The lowest BCUT2D eigenvalue weighted by Crippen LogP contribution is -2.30. The Bertz CT molecular complexity index is 703. The number of hydrogen-bond acceptors (Lipinski definition) is 3. The smallest absolute Gasteiger partial charge is 0.253 e. The molecular weight excluding hydrogens is 368 g/mol. The summed E-state index contributed by atoms with van der Waals surface area (Å²) in [6.07, 6.45) is 1.07. The molecule has 1 heterocycles. The molecule has 2 aromatic carbocycles. The summed E-state index contributed by atoms with van der Waals surface area (Å²) in [5.74, 6) is 2.14. The van der Waals surface area contributed by atoms with Gasteiger partial charge in [0, 0.05) is 23.1 Å². The minimum atomic E-state index is 0.0996. The van der Waals surface area contributed by atoms with E-state index in [1.165, 1.54) is 0 Å². The van der Waals surface area contributed by atoms with Crippen LogP contribution in [0.2, 0.25) is 0 Å². The van der Waals surface area contributed by atoms with Crippen molar-refractivity contribution in [3.05, 3.63) is 58.6 Å². The summed E-state index contributed by atoms with van der Waals surface area (Å²) in [6, 6.07) is 15.0. The molecule has 1 saturated heterocycles. The number of ether oxygens (including phenoxy) is 1. The van der Waals surface area contributed by atoms with Crippen LogP contribution in [0.5, 0.6) is 11.5 Å². The number of carbonyl (C=O) groups excluding carboxylic acids is 1. The second kappa shape index (κ2) is 7.81. The van der Waals surface area contributed by atoms with Crippen LogP contribution in [-0.4, -0.2) is 37.5 Å². The van der Waals surface area contributed by atoms with E-state index in [-0.39, 0.29) is 5.91 Å². The van der Waals surface area contributed by atoms with Gasteiger partial charge in [0.05, 0.1) is 0 Å². The fourth-order valence-electron chi connectivity index (χ4n) is 2.99. The van der Waals surface area contributed by atoms with Crippen LogP contribution < -0.4 is 10.1 Å². The van der Waals surface area contributed by atoms with Crippen molar-refractivity contribution >= 4 is 21.8 Å². The van der Waals surface area contributed by atoms with Gasteiger partial charge in [0.15, 0.2) is 0 Å². The molecule has 4 nitrogen and oxygen atoms in total. The summed E-state index contributed by atoms with van der Waals surface area (Å²) < 4.78 is 6.77. The number of halogens is 1. The van der Waals surface area contributed by atoms with Crippen molar-refractivity contribution in [1.82, 2.24) is 10.2 Å². The molecule has 0 aromatic heterocycles. The highest BCUT2D eigenvalue weighted by Crippen LogP contribution is 2.25. The summed E-state index contributed by atoms with van der Waals surface area (Å²) in [6.45, 7) is 2.63. The third-order valence-corrected chi connectivity index (χ3v) is 4.69. The molecule has 0 bridgehead atoms. The molecule has 0 unspecified atom stereocenters. The number of carbonyl (C=O) groups is 1. The largest absolute Gasteiger partial charge is 0.457 e. The first kappa shape index (κ1) is 17.0. The van der Waals surface area contributed by atoms with Crippen molar-refractivity contribution in [2.45, 2.75) is 6.42 Å². The van der Waals surface area contributed by atoms with Crippen molar-refractivity contribution in [3.8, 4) is 11.5 Å². The van der Waals surface area contributed by atoms with Gasteiger partial charge in [-0.25, -0.2) is 0 Å². The normalized spacial score (nSPS) is 17.1. The minimum Gasteiger partial charge on any atom is -0.457 e. The zero-order valence-corrected chi connectivity index (χ0v) is 15.3. The number of amides is 1. The minimum absolute atomic E-state index is 0.0996. The van der Waals surface area contributed by atoms with Gasteiger partial charge in [-0.05, 0) is 68.4 Å². The number of nitrogens with zero attached hydrogens (tertiary/aromatic N) is 1. The second-order valence-corrected chi connectivity index (χ2v) is 6.96. The fourth-order valence-corrected chi connectivity index (χ4v) is 3.37. The van der Waals surface area contributed by atoms with E-state index in [0.717, 1.165) is 42.0 Å². The lowest BCUT2D eigenvalue weighted by molar-refractivity contribution is 0.0787. The number of nitrogens with one attached hydrogen (secondary N) is 1. The average Bonchev–Trinajstić information content (AvgIpc) is 3.04. The predicted molar refractivity (Wildman–Crippen MR) is 98.6 cm³/mol. The van der Waals surface area contributed by atoms with Gasteiger partial charge >= 0.3 is 0 Å². The van der Waals surface area contributed by atoms with Gasteiger partial charge in [0.2, 0.25) is 0 Å². The quantitative estimate of drug-likeness (QED) is 0.843. The molecule has 0 spiro atoms. The van der Waals surface area contributed by atoms with Gasteiger partial charge in [-0.1, -0.05) is 22.0 Å². The molecule has 2 aromatic rings. The fraction of sp³-hybridized carbons (Fsp3) is 0.316. The van der Waals surface area contributed by atoms with Gasteiger partial charge in [-0.2, -0.15) is 0 Å². The summed E-state index contributed by atoms with van der Waals surface area (Å²) >= 11 is 3.43. The van der Waals surface area contributed by atoms with Crippen molar-refractivity contribution in [3.63, 3.8) is 0 Å². The van der Waals surface area contributed by atoms with Crippen LogP contribution in [0.1, 0.15) is 16.8 Å². The van der Waals surface area contributed by atoms with E-state index in [0.29, 0.717) is 11.5 Å². The van der Waals surface area contributed by atoms with E-state index in [1.54, 1.807) is 0 Å². The maximum Gasteiger partial charge on any atom is 0.253 e. The summed E-state index contributed by atoms with van der Waals surface area (Å²) in [5.41, 5.74) is 0.710. The first-order valence-electron chi connectivity index (χ1n) is 8.13. The van der Waals surface area contributed by atoms with Crippen molar-refractivity contribution in [2.75, 3.05) is 26.7 Å². The Morgan fingerprint density at radius 3 is 2.75 bits per heavy atom. The number of benzene rings is 2. The SMILES string of the molecule is CNC[C@H]1CCN(C(=O)c2ccc(Oc3cccc(Br)c3)cc2)C1. The van der Waals surface area contributed by atoms with Crippen LogP contribution in [0.4, 0.5) is 0 Å². The van der Waals surface area contributed by atoms with Crippen LogP contribution in [0.25, 0.3) is 0 Å². The standard InChI is InChI=1S/C19H21BrN2O2/c1-21-12-14-9-10-22(13-14)19(23)15-5-7-17(8-6-15)24-18-4-2-3-16(20)11-18/h2-8,11,14,21H,9-10,12-13H2,1H3/t14-/m1/s1. The lowest BCUT2D eigenvalue weighted by Gasteiger charge is -2.17. The molecular formula is C19H21BrN2O2. The van der Waals surface area contributed by atoms with Gasteiger partial charge in [-0.3, -0.25) is 4.79 Å². The molecule has 1 atom stereocenters. The number of rotatable bonds is 5. The van der Waals surface area contributed by atoms with Gasteiger partial charge in [0.25, 0.3) is 5.91 Å². The lowest BCUT2D eigenvalue weighted by atomic mass is 10.1. The molecule has 1 amide bonds. The highest BCUT2D eigenvalue weighted by atomic mass is 79.9. The Hall–Kier alpha value is -1.85. The number of likely N-dealkylation sites (tertiary alicyclic amines) is 1. The van der Waals surface area contributed by atoms with Gasteiger partial charge in [-0.15, -0.1) is 0 Å². The van der Waals surface area contributed by atoms with Gasteiger partial charge in [0.1, 0.15) is 11.5 Å². The monoisotopic (exact) mass is 388 g/mol.